The molecule has 1 aromatic carbocycles. The molecule has 5 heteroatoms. The zero-order valence-corrected chi connectivity index (χ0v) is 11.1. The van der Waals surface area contributed by atoms with Gasteiger partial charge in [-0.3, -0.25) is 4.79 Å². The quantitative estimate of drug-likeness (QED) is 0.904. The van der Waals surface area contributed by atoms with Crippen molar-refractivity contribution >= 4 is 34.5 Å². The molecule has 90 valence electrons. The summed E-state index contributed by atoms with van der Waals surface area (Å²) >= 11 is 7.14. The van der Waals surface area contributed by atoms with Crippen LogP contribution in [0, 0.1) is 11.3 Å². The lowest BCUT2D eigenvalue weighted by Gasteiger charge is -2.05. The lowest BCUT2D eigenvalue weighted by molar-refractivity contribution is -0.114. The van der Waals surface area contributed by atoms with E-state index in [1.165, 1.54) is 18.3 Å². The van der Waals surface area contributed by atoms with Crippen molar-refractivity contribution in [2.75, 3.05) is 5.32 Å². The molecule has 0 aliphatic carbocycles. The summed E-state index contributed by atoms with van der Waals surface area (Å²) < 4.78 is 0. The van der Waals surface area contributed by atoms with Gasteiger partial charge < -0.3 is 5.32 Å². The van der Waals surface area contributed by atoms with Crippen molar-refractivity contribution in [1.29, 1.82) is 5.26 Å². The van der Waals surface area contributed by atoms with Gasteiger partial charge in [0.2, 0.25) is 5.91 Å². The molecule has 18 heavy (non-hydrogen) atoms. The molecule has 1 heterocycles. The van der Waals surface area contributed by atoms with Crippen LogP contribution in [-0.2, 0) is 4.79 Å². The third kappa shape index (κ3) is 2.53. The predicted molar refractivity (Wildman–Crippen MR) is 73.8 cm³/mol. The minimum absolute atomic E-state index is 0.194. The lowest BCUT2D eigenvalue weighted by Crippen LogP contribution is -2.06. The van der Waals surface area contributed by atoms with Gasteiger partial charge in [-0.05, 0) is 17.7 Å². The minimum Gasteiger partial charge on any atom is -0.324 e. The van der Waals surface area contributed by atoms with Gasteiger partial charge in [-0.25, -0.2) is 0 Å². The van der Waals surface area contributed by atoms with Crippen molar-refractivity contribution in [3.05, 3.63) is 39.5 Å². The second-order valence-electron chi connectivity index (χ2n) is 3.65. The first-order chi connectivity index (χ1) is 8.61. The van der Waals surface area contributed by atoms with Crippen LogP contribution < -0.4 is 5.32 Å². The number of benzene rings is 1. The number of amides is 1. The van der Waals surface area contributed by atoms with Crippen LogP contribution in [0.3, 0.4) is 0 Å². The average Bonchev–Trinajstić information content (AvgIpc) is 2.72. The van der Waals surface area contributed by atoms with E-state index in [0.29, 0.717) is 15.6 Å². The van der Waals surface area contributed by atoms with Crippen LogP contribution in [-0.4, -0.2) is 5.91 Å². The van der Waals surface area contributed by atoms with Crippen molar-refractivity contribution in [3.8, 4) is 17.2 Å². The number of halogens is 1. The summed E-state index contributed by atoms with van der Waals surface area (Å²) in [6.45, 7) is 1.42. The number of nitrogens with one attached hydrogen (secondary N) is 1. The Morgan fingerprint density at radius 3 is 2.61 bits per heavy atom. The largest absolute Gasteiger partial charge is 0.324 e. The molecule has 1 amide bonds. The molecule has 0 unspecified atom stereocenters. The lowest BCUT2D eigenvalue weighted by atomic mass is 10.1. The fraction of sp³-hybridized carbons (Fsp3) is 0.0769. The Kier molecular flexibility index (Phi) is 3.66. The highest BCUT2D eigenvalue weighted by molar-refractivity contribution is 7.11. The van der Waals surface area contributed by atoms with Gasteiger partial charge in [-0.2, -0.15) is 5.26 Å². The van der Waals surface area contributed by atoms with Crippen LogP contribution in [0.1, 0.15) is 11.8 Å². The van der Waals surface area contributed by atoms with Gasteiger partial charge in [0.1, 0.15) is 10.9 Å². The smallest absolute Gasteiger partial charge is 0.221 e. The van der Waals surface area contributed by atoms with E-state index < -0.39 is 0 Å². The maximum absolute atomic E-state index is 11.2. The van der Waals surface area contributed by atoms with Gasteiger partial charge in [0.15, 0.2) is 0 Å². The van der Waals surface area contributed by atoms with E-state index in [9.17, 15) is 4.79 Å². The highest BCUT2D eigenvalue weighted by Gasteiger charge is 2.14. The van der Waals surface area contributed by atoms with Crippen LogP contribution in [0.15, 0.2) is 29.6 Å². The molecule has 0 aliphatic heterocycles. The molecule has 0 saturated carbocycles. The predicted octanol–water partition coefficient (Wildman–Crippen LogP) is 3.90. The van der Waals surface area contributed by atoms with Crippen LogP contribution in [0.4, 0.5) is 5.69 Å². The molecule has 0 spiro atoms. The number of anilines is 1. The van der Waals surface area contributed by atoms with Crippen molar-refractivity contribution in [1.82, 2.24) is 0 Å². The number of carbonyl (C=O) groups is 1. The molecule has 1 N–H and O–H groups in total. The summed E-state index contributed by atoms with van der Waals surface area (Å²) in [7, 11) is 0. The van der Waals surface area contributed by atoms with E-state index >= 15 is 0 Å². The van der Waals surface area contributed by atoms with E-state index in [4.69, 9.17) is 16.9 Å². The summed E-state index contributed by atoms with van der Waals surface area (Å²) in [5, 5.41) is 14.2. The summed E-state index contributed by atoms with van der Waals surface area (Å²) in [5.41, 5.74) is 2.32. The van der Waals surface area contributed by atoms with Crippen molar-refractivity contribution in [2.45, 2.75) is 6.92 Å². The van der Waals surface area contributed by atoms with Gasteiger partial charge in [0.05, 0.1) is 5.69 Å². The molecule has 2 rings (SSSR count). The Hall–Kier alpha value is -1.83. The van der Waals surface area contributed by atoms with Gasteiger partial charge >= 0.3 is 0 Å². The van der Waals surface area contributed by atoms with Crippen LogP contribution in [0.5, 0.6) is 0 Å². The third-order valence-electron chi connectivity index (χ3n) is 2.35. The van der Waals surface area contributed by atoms with Gasteiger partial charge in [0.25, 0.3) is 0 Å². The zero-order chi connectivity index (χ0) is 13.1. The Morgan fingerprint density at radius 2 is 2.06 bits per heavy atom. The summed E-state index contributed by atoms with van der Waals surface area (Å²) in [5.74, 6) is -0.194. The fourth-order valence-corrected chi connectivity index (χ4v) is 2.53. The first-order valence-corrected chi connectivity index (χ1v) is 6.42. The zero-order valence-electron chi connectivity index (χ0n) is 9.53. The molecule has 3 nitrogen and oxygen atoms in total. The molecule has 0 bridgehead atoms. The standard InChI is InChI=1S/C13H9ClN2OS/c1-8(17)16-13-11(7-18-12(13)6-15)9-2-4-10(14)5-3-9/h2-5,7H,1H3,(H,16,17). The molecule has 1 aromatic heterocycles. The van der Waals surface area contributed by atoms with E-state index in [0.717, 1.165) is 11.1 Å². The van der Waals surface area contributed by atoms with Crippen LogP contribution >= 0.6 is 22.9 Å². The van der Waals surface area contributed by atoms with Crippen molar-refractivity contribution in [2.24, 2.45) is 0 Å². The molecule has 0 saturated heterocycles. The van der Waals surface area contributed by atoms with Crippen molar-refractivity contribution in [3.63, 3.8) is 0 Å². The molecule has 0 atom stereocenters. The number of hydrogen-bond donors (Lipinski definition) is 1. The van der Waals surface area contributed by atoms with Crippen LogP contribution in [0.2, 0.25) is 5.02 Å². The molecule has 0 aliphatic rings. The molecular formula is C13H9ClN2OS. The maximum Gasteiger partial charge on any atom is 0.221 e. The minimum atomic E-state index is -0.194. The second kappa shape index (κ2) is 5.21. The number of carbonyl (C=O) groups excluding carboxylic acids is 1. The monoisotopic (exact) mass is 276 g/mol. The topological polar surface area (TPSA) is 52.9 Å². The van der Waals surface area contributed by atoms with E-state index in [1.807, 2.05) is 17.5 Å². The SMILES string of the molecule is CC(=O)Nc1c(-c2ccc(Cl)cc2)csc1C#N. The fourth-order valence-electron chi connectivity index (χ4n) is 1.58. The number of hydrogen-bond acceptors (Lipinski definition) is 3. The van der Waals surface area contributed by atoms with E-state index in [1.54, 1.807) is 12.1 Å². The van der Waals surface area contributed by atoms with Gasteiger partial charge in [-0.15, -0.1) is 11.3 Å². The van der Waals surface area contributed by atoms with Crippen LogP contribution in [0.25, 0.3) is 11.1 Å². The molecule has 2 aromatic rings. The van der Waals surface area contributed by atoms with E-state index in [-0.39, 0.29) is 5.91 Å². The molecule has 0 fully saturated rings. The third-order valence-corrected chi connectivity index (χ3v) is 3.49. The Morgan fingerprint density at radius 1 is 1.39 bits per heavy atom. The average molecular weight is 277 g/mol. The number of thiophene rings is 1. The van der Waals surface area contributed by atoms with Gasteiger partial charge in [-0.1, -0.05) is 23.7 Å². The van der Waals surface area contributed by atoms with Gasteiger partial charge in [0, 0.05) is 22.9 Å². The number of rotatable bonds is 2. The Labute approximate surface area is 114 Å². The first kappa shape index (κ1) is 12.6. The highest BCUT2D eigenvalue weighted by atomic mass is 35.5. The normalized spacial score (nSPS) is 9.83. The second-order valence-corrected chi connectivity index (χ2v) is 4.97. The summed E-state index contributed by atoms with van der Waals surface area (Å²) in [4.78, 5) is 11.7. The maximum atomic E-state index is 11.2. The molecular weight excluding hydrogens is 268 g/mol. The highest BCUT2D eigenvalue weighted by Crippen LogP contribution is 2.36. The summed E-state index contributed by atoms with van der Waals surface area (Å²) in [6.07, 6.45) is 0. The Balaban J connectivity index is 2.51. The Bertz CT molecular complexity index is 625. The number of nitrogens with zero attached hydrogens (tertiary/aromatic N) is 1. The summed E-state index contributed by atoms with van der Waals surface area (Å²) in [6, 6.07) is 9.35. The molecule has 0 radical (unpaired) electrons. The first-order valence-electron chi connectivity index (χ1n) is 5.17. The number of nitriles is 1. The van der Waals surface area contributed by atoms with E-state index in [2.05, 4.69) is 11.4 Å². The van der Waals surface area contributed by atoms with Crippen molar-refractivity contribution < 1.29 is 4.79 Å².